The summed E-state index contributed by atoms with van der Waals surface area (Å²) < 4.78 is 15.0. The fourth-order valence-corrected chi connectivity index (χ4v) is 3.08. The van der Waals surface area contributed by atoms with Crippen LogP contribution in [-0.4, -0.2) is 4.98 Å². The molecule has 0 atom stereocenters. The van der Waals surface area contributed by atoms with Crippen molar-refractivity contribution < 1.29 is 4.39 Å². The van der Waals surface area contributed by atoms with Crippen molar-refractivity contribution in [2.24, 2.45) is 0 Å². The molecule has 0 bridgehead atoms. The van der Waals surface area contributed by atoms with Crippen LogP contribution >= 0.6 is 27.3 Å². The number of aromatic nitrogens is 1. The molecule has 0 spiro atoms. The Morgan fingerprint density at radius 1 is 1.26 bits per heavy atom. The molecule has 5 heteroatoms. The standard InChI is InChI=1S/C14H10BrFN2S/c1-8-10(15)3-2-4-11(8)17-14-18-12-6-5-9(16)7-13(12)19-14/h2-7H,1H3,(H,17,18). The van der Waals surface area contributed by atoms with Crippen molar-refractivity contribution >= 4 is 48.3 Å². The van der Waals surface area contributed by atoms with E-state index in [4.69, 9.17) is 0 Å². The molecule has 2 aromatic carbocycles. The number of nitrogens with zero attached hydrogens (tertiary/aromatic N) is 1. The van der Waals surface area contributed by atoms with Crippen LogP contribution in [0.4, 0.5) is 15.2 Å². The highest BCUT2D eigenvalue weighted by Crippen LogP contribution is 2.31. The molecule has 0 saturated heterocycles. The van der Waals surface area contributed by atoms with Crippen molar-refractivity contribution in [1.29, 1.82) is 0 Å². The summed E-state index contributed by atoms with van der Waals surface area (Å²) in [6.07, 6.45) is 0. The number of anilines is 2. The number of halogens is 2. The Hall–Kier alpha value is -1.46. The van der Waals surface area contributed by atoms with Gasteiger partial charge in [0.2, 0.25) is 0 Å². The molecule has 96 valence electrons. The van der Waals surface area contributed by atoms with E-state index in [0.717, 1.165) is 31.1 Å². The van der Waals surface area contributed by atoms with Crippen molar-refractivity contribution in [3.05, 3.63) is 52.3 Å². The first-order valence-electron chi connectivity index (χ1n) is 5.72. The zero-order valence-corrected chi connectivity index (χ0v) is 12.5. The third kappa shape index (κ3) is 2.48. The molecular weight excluding hydrogens is 327 g/mol. The van der Waals surface area contributed by atoms with E-state index < -0.39 is 0 Å². The van der Waals surface area contributed by atoms with E-state index in [2.05, 4.69) is 26.2 Å². The van der Waals surface area contributed by atoms with E-state index in [1.165, 1.54) is 23.5 Å². The minimum absolute atomic E-state index is 0.235. The maximum Gasteiger partial charge on any atom is 0.188 e. The molecule has 0 unspecified atom stereocenters. The minimum Gasteiger partial charge on any atom is -0.331 e. The SMILES string of the molecule is Cc1c(Br)cccc1Nc1nc2ccc(F)cc2s1. The van der Waals surface area contributed by atoms with E-state index in [9.17, 15) is 4.39 Å². The van der Waals surface area contributed by atoms with Crippen molar-refractivity contribution in [2.45, 2.75) is 6.92 Å². The van der Waals surface area contributed by atoms with Crippen LogP contribution in [0.15, 0.2) is 40.9 Å². The molecule has 1 N–H and O–H groups in total. The highest BCUT2D eigenvalue weighted by molar-refractivity contribution is 9.10. The van der Waals surface area contributed by atoms with Gasteiger partial charge in [0.05, 0.1) is 10.2 Å². The van der Waals surface area contributed by atoms with E-state index >= 15 is 0 Å². The van der Waals surface area contributed by atoms with Crippen LogP contribution < -0.4 is 5.32 Å². The fourth-order valence-electron chi connectivity index (χ4n) is 1.81. The predicted molar refractivity (Wildman–Crippen MR) is 81.7 cm³/mol. The maximum absolute atomic E-state index is 13.1. The first kappa shape index (κ1) is 12.6. The van der Waals surface area contributed by atoms with Gasteiger partial charge in [0.15, 0.2) is 5.13 Å². The fraction of sp³-hybridized carbons (Fsp3) is 0.0714. The van der Waals surface area contributed by atoms with Crippen LogP contribution in [0.25, 0.3) is 10.2 Å². The Balaban J connectivity index is 1.99. The summed E-state index contributed by atoms with van der Waals surface area (Å²) in [4.78, 5) is 4.45. The largest absolute Gasteiger partial charge is 0.331 e. The summed E-state index contributed by atoms with van der Waals surface area (Å²) >= 11 is 4.94. The molecule has 0 aliphatic rings. The molecule has 0 amide bonds. The molecule has 2 nitrogen and oxygen atoms in total. The second-order valence-corrected chi connectivity index (χ2v) is 6.05. The van der Waals surface area contributed by atoms with Crippen LogP contribution in [-0.2, 0) is 0 Å². The lowest BCUT2D eigenvalue weighted by Crippen LogP contribution is -1.92. The number of thiazole rings is 1. The Bertz CT molecular complexity index is 754. The first-order chi connectivity index (χ1) is 9.13. The third-order valence-corrected chi connectivity index (χ3v) is 4.65. The van der Waals surface area contributed by atoms with E-state index in [-0.39, 0.29) is 5.82 Å². The lowest BCUT2D eigenvalue weighted by Gasteiger charge is -2.07. The van der Waals surface area contributed by atoms with Gasteiger partial charge in [-0.2, -0.15) is 0 Å². The van der Waals surface area contributed by atoms with Gasteiger partial charge in [-0.15, -0.1) is 0 Å². The van der Waals surface area contributed by atoms with Crippen LogP contribution in [0.5, 0.6) is 0 Å². The minimum atomic E-state index is -0.235. The third-order valence-electron chi connectivity index (χ3n) is 2.86. The summed E-state index contributed by atoms with van der Waals surface area (Å²) in [5, 5.41) is 4.04. The average molecular weight is 337 g/mol. The number of hydrogen-bond acceptors (Lipinski definition) is 3. The molecule has 3 aromatic rings. The zero-order valence-electron chi connectivity index (χ0n) is 10.1. The van der Waals surface area contributed by atoms with Crippen LogP contribution in [0.3, 0.4) is 0 Å². The van der Waals surface area contributed by atoms with Crippen molar-refractivity contribution in [1.82, 2.24) is 4.98 Å². The van der Waals surface area contributed by atoms with E-state index in [0.29, 0.717) is 0 Å². The maximum atomic E-state index is 13.1. The molecular formula is C14H10BrFN2S. The van der Waals surface area contributed by atoms with Gasteiger partial charge >= 0.3 is 0 Å². The molecule has 0 fully saturated rings. The highest BCUT2D eigenvalue weighted by Gasteiger charge is 2.07. The smallest absolute Gasteiger partial charge is 0.188 e. The predicted octanol–water partition coefficient (Wildman–Crippen LogP) is 5.25. The normalized spacial score (nSPS) is 10.9. The lowest BCUT2D eigenvalue weighted by molar-refractivity contribution is 0.630. The summed E-state index contributed by atoms with van der Waals surface area (Å²) in [6.45, 7) is 2.03. The average Bonchev–Trinajstić information content (AvgIpc) is 2.76. The first-order valence-corrected chi connectivity index (χ1v) is 7.32. The van der Waals surface area contributed by atoms with Crippen molar-refractivity contribution in [2.75, 3.05) is 5.32 Å². The summed E-state index contributed by atoms with van der Waals surface area (Å²) in [7, 11) is 0. The number of hydrogen-bond donors (Lipinski definition) is 1. The van der Waals surface area contributed by atoms with Gasteiger partial charge in [-0.05, 0) is 42.8 Å². The second kappa shape index (κ2) is 4.90. The van der Waals surface area contributed by atoms with Crippen molar-refractivity contribution in [3.8, 4) is 0 Å². The van der Waals surface area contributed by atoms with Crippen LogP contribution in [0.2, 0.25) is 0 Å². The van der Waals surface area contributed by atoms with Gasteiger partial charge in [-0.1, -0.05) is 33.3 Å². The van der Waals surface area contributed by atoms with Gasteiger partial charge in [-0.25, -0.2) is 9.37 Å². The molecule has 1 aromatic heterocycles. The molecule has 0 radical (unpaired) electrons. The van der Waals surface area contributed by atoms with Gasteiger partial charge in [0, 0.05) is 10.2 Å². The number of nitrogens with one attached hydrogen (secondary N) is 1. The van der Waals surface area contributed by atoms with Crippen molar-refractivity contribution in [3.63, 3.8) is 0 Å². The Morgan fingerprint density at radius 3 is 2.95 bits per heavy atom. The van der Waals surface area contributed by atoms with Gasteiger partial charge in [-0.3, -0.25) is 0 Å². The second-order valence-electron chi connectivity index (χ2n) is 4.17. The molecule has 1 heterocycles. The highest BCUT2D eigenvalue weighted by atomic mass is 79.9. The number of fused-ring (bicyclic) bond motifs is 1. The molecule has 0 aliphatic heterocycles. The van der Waals surface area contributed by atoms with Gasteiger partial charge in [0.25, 0.3) is 0 Å². The van der Waals surface area contributed by atoms with Crippen LogP contribution in [0, 0.1) is 12.7 Å². The monoisotopic (exact) mass is 336 g/mol. The molecule has 19 heavy (non-hydrogen) atoms. The molecule has 0 aliphatic carbocycles. The Kier molecular flexibility index (Phi) is 3.24. The molecule has 3 rings (SSSR count). The topological polar surface area (TPSA) is 24.9 Å². The molecule has 0 saturated carbocycles. The van der Waals surface area contributed by atoms with E-state index in [1.54, 1.807) is 6.07 Å². The van der Waals surface area contributed by atoms with E-state index in [1.807, 2.05) is 25.1 Å². The summed E-state index contributed by atoms with van der Waals surface area (Å²) in [5.41, 5.74) is 2.92. The summed E-state index contributed by atoms with van der Waals surface area (Å²) in [5.74, 6) is -0.235. The number of rotatable bonds is 2. The number of benzene rings is 2. The van der Waals surface area contributed by atoms with Gasteiger partial charge in [0.1, 0.15) is 5.82 Å². The Labute approximate surface area is 122 Å². The Morgan fingerprint density at radius 2 is 2.11 bits per heavy atom. The quantitative estimate of drug-likeness (QED) is 0.691. The van der Waals surface area contributed by atoms with Gasteiger partial charge < -0.3 is 5.32 Å². The summed E-state index contributed by atoms with van der Waals surface area (Å²) in [6, 6.07) is 10.6. The zero-order chi connectivity index (χ0) is 13.4. The van der Waals surface area contributed by atoms with Crippen LogP contribution in [0.1, 0.15) is 5.56 Å². The lowest BCUT2D eigenvalue weighted by atomic mass is 10.2.